The van der Waals surface area contributed by atoms with Crippen LogP contribution in [0.5, 0.6) is 17.2 Å². The van der Waals surface area contributed by atoms with E-state index in [2.05, 4.69) is 12.6 Å². The molecule has 0 N–H and O–H groups in total. The maximum Gasteiger partial charge on any atom is 0.126 e. The summed E-state index contributed by atoms with van der Waals surface area (Å²) in [6, 6.07) is 12.1. The standard InChI is InChI=1S/C19H20O3/c1-4-7-16-15-8-5-6-9-17(15)22-12-13-10-14(20-2)11-18(21-3)19(13)16/h4-6,8-11,16H,1,7,12H2,2-3H3. The lowest BCUT2D eigenvalue weighted by molar-refractivity contribution is 0.305. The Morgan fingerprint density at radius 2 is 2.05 bits per heavy atom. The van der Waals surface area contributed by atoms with E-state index in [9.17, 15) is 0 Å². The minimum Gasteiger partial charge on any atom is -0.497 e. The van der Waals surface area contributed by atoms with Crippen LogP contribution in [0.1, 0.15) is 29.0 Å². The lowest BCUT2D eigenvalue weighted by Gasteiger charge is -2.21. The first-order valence-electron chi connectivity index (χ1n) is 7.36. The molecule has 1 atom stereocenters. The van der Waals surface area contributed by atoms with Crippen LogP contribution in [0.4, 0.5) is 0 Å². The van der Waals surface area contributed by atoms with Crippen LogP contribution in [0.25, 0.3) is 0 Å². The van der Waals surface area contributed by atoms with E-state index in [0.29, 0.717) is 6.61 Å². The Hall–Kier alpha value is -2.42. The first-order valence-corrected chi connectivity index (χ1v) is 7.36. The van der Waals surface area contributed by atoms with Crippen LogP contribution in [0, 0.1) is 0 Å². The molecular formula is C19H20O3. The Kier molecular flexibility index (Phi) is 4.05. The van der Waals surface area contributed by atoms with Gasteiger partial charge in [0.05, 0.1) is 14.2 Å². The summed E-state index contributed by atoms with van der Waals surface area (Å²) in [6.45, 7) is 4.42. The Morgan fingerprint density at radius 1 is 1.23 bits per heavy atom. The molecule has 2 aromatic carbocycles. The van der Waals surface area contributed by atoms with Crippen LogP contribution in [0.2, 0.25) is 0 Å². The molecule has 0 amide bonds. The zero-order valence-electron chi connectivity index (χ0n) is 13.0. The number of rotatable bonds is 4. The molecule has 1 unspecified atom stereocenters. The highest BCUT2D eigenvalue weighted by atomic mass is 16.5. The number of hydrogen-bond acceptors (Lipinski definition) is 3. The van der Waals surface area contributed by atoms with E-state index < -0.39 is 0 Å². The molecule has 0 bridgehead atoms. The van der Waals surface area contributed by atoms with E-state index >= 15 is 0 Å². The molecular weight excluding hydrogens is 276 g/mol. The molecule has 114 valence electrons. The molecule has 1 heterocycles. The van der Waals surface area contributed by atoms with Crippen molar-refractivity contribution >= 4 is 0 Å². The number of para-hydroxylation sites is 1. The lowest BCUT2D eigenvalue weighted by Crippen LogP contribution is -2.05. The van der Waals surface area contributed by atoms with E-state index in [4.69, 9.17) is 14.2 Å². The third-order valence-corrected chi connectivity index (χ3v) is 4.09. The number of fused-ring (bicyclic) bond motifs is 2. The topological polar surface area (TPSA) is 27.7 Å². The monoisotopic (exact) mass is 296 g/mol. The van der Waals surface area contributed by atoms with Crippen LogP contribution in [-0.2, 0) is 6.61 Å². The van der Waals surface area contributed by atoms with Crippen LogP contribution >= 0.6 is 0 Å². The van der Waals surface area contributed by atoms with Crippen molar-refractivity contribution in [3.63, 3.8) is 0 Å². The van der Waals surface area contributed by atoms with E-state index in [1.165, 1.54) is 5.56 Å². The normalized spacial score (nSPS) is 15.8. The van der Waals surface area contributed by atoms with Crippen molar-refractivity contribution in [2.75, 3.05) is 14.2 Å². The highest BCUT2D eigenvalue weighted by Gasteiger charge is 2.27. The Balaban J connectivity index is 2.23. The summed E-state index contributed by atoms with van der Waals surface area (Å²) in [5, 5.41) is 0. The second kappa shape index (κ2) is 6.14. The van der Waals surface area contributed by atoms with Gasteiger partial charge in [-0.15, -0.1) is 6.58 Å². The van der Waals surface area contributed by atoms with Gasteiger partial charge in [-0.05, 0) is 18.6 Å². The van der Waals surface area contributed by atoms with Crippen LogP contribution < -0.4 is 14.2 Å². The third-order valence-electron chi connectivity index (χ3n) is 4.09. The summed E-state index contributed by atoms with van der Waals surface area (Å²) >= 11 is 0. The minimum absolute atomic E-state index is 0.173. The molecule has 0 radical (unpaired) electrons. The van der Waals surface area contributed by atoms with Gasteiger partial charge in [-0.25, -0.2) is 0 Å². The molecule has 3 nitrogen and oxygen atoms in total. The molecule has 0 spiro atoms. The van der Waals surface area contributed by atoms with Gasteiger partial charge in [0, 0.05) is 28.7 Å². The summed E-state index contributed by atoms with van der Waals surface area (Å²) in [7, 11) is 3.35. The van der Waals surface area contributed by atoms with Crippen LogP contribution in [0.3, 0.4) is 0 Å². The maximum absolute atomic E-state index is 6.01. The Morgan fingerprint density at radius 3 is 2.77 bits per heavy atom. The number of hydrogen-bond donors (Lipinski definition) is 0. The molecule has 0 aromatic heterocycles. The number of benzene rings is 2. The molecule has 0 saturated heterocycles. The zero-order valence-corrected chi connectivity index (χ0v) is 13.0. The minimum atomic E-state index is 0.173. The summed E-state index contributed by atoms with van der Waals surface area (Å²) in [4.78, 5) is 0. The summed E-state index contributed by atoms with van der Waals surface area (Å²) in [6.07, 6.45) is 2.77. The van der Waals surface area contributed by atoms with Crippen LogP contribution in [0.15, 0.2) is 49.1 Å². The third kappa shape index (κ3) is 2.43. The van der Waals surface area contributed by atoms with Crippen molar-refractivity contribution < 1.29 is 14.2 Å². The first-order chi connectivity index (χ1) is 10.8. The zero-order chi connectivity index (χ0) is 15.5. The van der Waals surface area contributed by atoms with E-state index in [1.54, 1.807) is 14.2 Å². The van der Waals surface area contributed by atoms with Crippen molar-refractivity contribution in [3.05, 3.63) is 65.7 Å². The molecule has 3 heteroatoms. The van der Waals surface area contributed by atoms with Gasteiger partial charge in [0.15, 0.2) is 0 Å². The van der Waals surface area contributed by atoms with E-state index in [0.717, 1.165) is 34.8 Å². The fourth-order valence-electron chi connectivity index (χ4n) is 3.08. The van der Waals surface area contributed by atoms with Crippen molar-refractivity contribution in [1.29, 1.82) is 0 Å². The van der Waals surface area contributed by atoms with Gasteiger partial charge >= 0.3 is 0 Å². The van der Waals surface area contributed by atoms with Crippen molar-refractivity contribution in [2.45, 2.75) is 18.9 Å². The fourth-order valence-corrected chi connectivity index (χ4v) is 3.08. The second-order valence-corrected chi connectivity index (χ2v) is 5.31. The van der Waals surface area contributed by atoms with Gasteiger partial charge in [-0.3, -0.25) is 0 Å². The number of ether oxygens (including phenoxy) is 3. The van der Waals surface area contributed by atoms with E-state index in [-0.39, 0.29) is 5.92 Å². The molecule has 0 saturated carbocycles. The molecule has 0 aliphatic carbocycles. The predicted octanol–water partition coefficient (Wildman–Crippen LogP) is 4.30. The smallest absolute Gasteiger partial charge is 0.126 e. The van der Waals surface area contributed by atoms with Crippen molar-refractivity contribution in [2.24, 2.45) is 0 Å². The summed E-state index contributed by atoms with van der Waals surface area (Å²) in [5.41, 5.74) is 3.43. The van der Waals surface area contributed by atoms with Gasteiger partial charge in [0.25, 0.3) is 0 Å². The highest BCUT2D eigenvalue weighted by Crippen LogP contribution is 2.44. The average Bonchev–Trinajstić information content (AvgIpc) is 2.72. The molecule has 1 aliphatic heterocycles. The number of allylic oxidation sites excluding steroid dienone is 1. The highest BCUT2D eigenvalue weighted by molar-refractivity contribution is 5.55. The van der Waals surface area contributed by atoms with Crippen molar-refractivity contribution in [1.82, 2.24) is 0 Å². The van der Waals surface area contributed by atoms with Crippen LogP contribution in [-0.4, -0.2) is 14.2 Å². The molecule has 22 heavy (non-hydrogen) atoms. The largest absolute Gasteiger partial charge is 0.497 e. The van der Waals surface area contributed by atoms with Gasteiger partial charge in [-0.1, -0.05) is 24.3 Å². The van der Waals surface area contributed by atoms with Gasteiger partial charge in [0.2, 0.25) is 0 Å². The second-order valence-electron chi connectivity index (χ2n) is 5.31. The summed E-state index contributed by atoms with van der Waals surface area (Å²) < 4.78 is 17.0. The molecule has 1 aliphatic rings. The lowest BCUT2D eigenvalue weighted by atomic mass is 9.85. The van der Waals surface area contributed by atoms with E-state index in [1.807, 2.05) is 36.4 Å². The molecule has 0 fully saturated rings. The predicted molar refractivity (Wildman–Crippen MR) is 87.0 cm³/mol. The molecule has 3 rings (SSSR count). The Bertz CT molecular complexity index is 691. The van der Waals surface area contributed by atoms with Gasteiger partial charge < -0.3 is 14.2 Å². The quantitative estimate of drug-likeness (QED) is 0.787. The Labute approximate surface area is 131 Å². The van der Waals surface area contributed by atoms with Crippen molar-refractivity contribution in [3.8, 4) is 17.2 Å². The summed E-state index contributed by atoms with van der Waals surface area (Å²) in [5.74, 6) is 2.71. The SMILES string of the molecule is C=CCC1c2ccccc2OCc2cc(OC)cc(OC)c21. The number of methoxy groups -OCH3 is 2. The first kappa shape index (κ1) is 14.5. The van der Waals surface area contributed by atoms with Gasteiger partial charge in [0.1, 0.15) is 23.9 Å². The fraction of sp³-hybridized carbons (Fsp3) is 0.263. The average molecular weight is 296 g/mol. The maximum atomic E-state index is 6.01. The molecule has 2 aromatic rings. The van der Waals surface area contributed by atoms with Gasteiger partial charge in [-0.2, -0.15) is 0 Å².